The molecule has 1 fully saturated rings. The van der Waals surface area contributed by atoms with Gasteiger partial charge in [0.1, 0.15) is 19.4 Å². The van der Waals surface area contributed by atoms with Gasteiger partial charge in [-0.2, -0.15) is 0 Å². The molecular weight excluding hydrogens is 376 g/mol. The third-order valence-corrected chi connectivity index (χ3v) is 5.76. The molecule has 0 aliphatic carbocycles. The van der Waals surface area contributed by atoms with Crippen molar-refractivity contribution in [1.29, 1.82) is 0 Å². The number of ether oxygens (including phenoxy) is 1. The first-order valence-electron chi connectivity index (χ1n) is 10.5. The summed E-state index contributed by atoms with van der Waals surface area (Å²) in [4.78, 5) is 16.3. The summed E-state index contributed by atoms with van der Waals surface area (Å²) in [5.41, 5.74) is 4.56. The fourth-order valence-corrected chi connectivity index (χ4v) is 3.89. The molecule has 1 aliphatic rings. The van der Waals surface area contributed by atoms with Crippen molar-refractivity contribution >= 4 is 5.69 Å². The molecule has 2 heterocycles. The van der Waals surface area contributed by atoms with Gasteiger partial charge in [-0.15, -0.1) is 0 Å². The number of nitrogens with one attached hydrogen (secondary N) is 1. The summed E-state index contributed by atoms with van der Waals surface area (Å²) in [5.74, 6) is 0.978. The molecule has 1 aromatic heterocycles. The number of anilines is 1. The quantitative estimate of drug-likeness (QED) is 0.685. The van der Waals surface area contributed by atoms with Crippen LogP contribution in [0.2, 0.25) is 0 Å². The van der Waals surface area contributed by atoms with Crippen LogP contribution >= 0.6 is 0 Å². The highest BCUT2D eigenvalue weighted by Crippen LogP contribution is 2.15. The van der Waals surface area contributed by atoms with Crippen LogP contribution in [0.15, 0.2) is 70.1 Å². The highest BCUT2D eigenvalue weighted by atomic mass is 16.5. The summed E-state index contributed by atoms with van der Waals surface area (Å²) >= 11 is 0. The Hall–Kier alpha value is -3.05. The lowest BCUT2D eigenvalue weighted by Crippen LogP contribution is -3.13. The molecule has 0 saturated carbocycles. The minimum absolute atomic E-state index is 0.121. The zero-order valence-electron chi connectivity index (χ0n) is 17.7. The second kappa shape index (κ2) is 9.18. The SMILES string of the molecule is Cc1ccc(C)c(COc2coc(C[NH+]3CCN(c4ccccc4)CC3)cc2=O)c1. The molecule has 0 spiro atoms. The lowest BCUT2D eigenvalue weighted by molar-refractivity contribution is -0.915. The predicted octanol–water partition coefficient (Wildman–Crippen LogP) is 2.74. The molecule has 1 aliphatic heterocycles. The highest BCUT2D eigenvalue weighted by Gasteiger charge is 2.21. The Kier molecular flexibility index (Phi) is 6.19. The molecule has 0 bridgehead atoms. The van der Waals surface area contributed by atoms with Crippen molar-refractivity contribution in [3.63, 3.8) is 0 Å². The molecule has 4 rings (SSSR count). The van der Waals surface area contributed by atoms with Crippen molar-refractivity contribution in [3.05, 3.63) is 93.5 Å². The summed E-state index contributed by atoms with van der Waals surface area (Å²) < 4.78 is 11.5. The van der Waals surface area contributed by atoms with E-state index >= 15 is 0 Å². The van der Waals surface area contributed by atoms with Gasteiger partial charge in [-0.3, -0.25) is 4.79 Å². The van der Waals surface area contributed by atoms with Crippen molar-refractivity contribution in [2.75, 3.05) is 31.1 Å². The van der Waals surface area contributed by atoms with Crippen LogP contribution in [0.5, 0.6) is 5.75 Å². The highest BCUT2D eigenvalue weighted by molar-refractivity contribution is 5.46. The number of piperazine rings is 1. The molecule has 0 radical (unpaired) electrons. The van der Waals surface area contributed by atoms with Crippen molar-refractivity contribution in [2.45, 2.75) is 27.0 Å². The lowest BCUT2D eigenvalue weighted by Gasteiger charge is -2.33. The molecule has 0 amide bonds. The Labute approximate surface area is 177 Å². The van der Waals surface area contributed by atoms with Gasteiger partial charge in [0.25, 0.3) is 0 Å². The summed E-state index contributed by atoms with van der Waals surface area (Å²) in [6, 6.07) is 18.3. The molecule has 2 aromatic carbocycles. The number of para-hydroxylation sites is 1. The van der Waals surface area contributed by atoms with E-state index in [2.05, 4.69) is 47.4 Å². The summed E-state index contributed by atoms with van der Waals surface area (Å²) in [6.07, 6.45) is 1.46. The zero-order valence-corrected chi connectivity index (χ0v) is 17.7. The summed E-state index contributed by atoms with van der Waals surface area (Å²) in [6.45, 7) is 9.21. The van der Waals surface area contributed by atoms with Crippen LogP contribution in [0.1, 0.15) is 22.5 Å². The van der Waals surface area contributed by atoms with E-state index in [1.165, 1.54) is 22.4 Å². The van der Waals surface area contributed by atoms with Crippen LogP contribution in [0.3, 0.4) is 0 Å². The fourth-order valence-electron chi connectivity index (χ4n) is 3.89. The summed E-state index contributed by atoms with van der Waals surface area (Å²) in [7, 11) is 0. The molecule has 0 unspecified atom stereocenters. The number of aryl methyl sites for hydroxylation is 2. The normalized spacial score (nSPS) is 14.7. The van der Waals surface area contributed by atoms with Crippen LogP contribution in [-0.4, -0.2) is 26.2 Å². The van der Waals surface area contributed by atoms with Crippen LogP contribution in [0.4, 0.5) is 5.69 Å². The van der Waals surface area contributed by atoms with Gasteiger partial charge in [-0.25, -0.2) is 0 Å². The van der Waals surface area contributed by atoms with Crippen molar-refractivity contribution in [1.82, 2.24) is 0 Å². The third-order valence-electron chi connectivity index (χ3n) is 5.76. The predicted molar refractivity (Wildman–Crippen MR) is 118 cm³/mol. The molecule has 5 nitrogen and oxygen atoms in total. The zero-order chi connectivity index (χ0) is 20.9. The second-order valence-corrected chi connectivity index (χ2v) is 8.04. The first-order valence-corrected chi connectivity index (χ1v) is 10.5. The van der Waals surface area contributed by atoms with Gasteiger partial charge in [0.15, 0.2) is 5.76 Å². The largest absolute Gasteiger partial charge is 0.482 e. The maximum absolute atomic E-state index is 12.5. The molecule has 0 atom stereocenters. The number of hydrogen-bond acceptors (Lipinski definition) is 4. The van der Waals surface area contributed by atoms with E-state index in [9.17, 15) is 4.79 Å². The summed E-state index contributed by atoms with van der Waals surface area (Å²) in [5, 5.41) is 0. The number of nitrogens with zero attached hydrogens (tertiary/aromatic N) is 1. The van der Waals surface area contributed by atoms with E-state index in [-0.39, 0.29) is 11.2 Å². The first kappa shape index (κ1) is 20.2. The monoisotopic (exact) mass is 405 g/mol. The molecule has 1 N–H and O–H groups in total. The molecule has 3 aromatic rings. The van der Waals surface area contributed by atoms with Crippen molar-refractivity contribution in [3.8, 4) is 5.75 Å². The molecular formula is C25H29N2O3+. The van der Waals surface area contributed by atoms with Crippen LogP contribution in [-0.2, 0) is 13.2 Å². The Bertz CT molecular complexity index is 1040. The minimum atomic E-state index is -0.121. The van der Waals surface area contributed by atoms with Crippen molar-refractivity contribution < 1.29 is 14.1 Å². The lowest BCUT2D eigenvalue weighted by atomic mass is 10.1. The van der Waals surface area contributed by atoms with E-state index in [1.807, 2.05) is 19.9 Å². The van der Waals surface area contributed by atoms with Gasteiger partial charge in [0.2, 0.25) is 11.2 Å². The Morgan fingerprint density at radius 1 is 1.03 bits per heavy atom. The van der Waals surface area contributed by atoms with E-state index in [1.54, 1.807) is 6.07 Å². The van der Waals surface area contributed by atoms with Gasteiger partial charge in [0.05, 0.1) is 26.2 Å². The van der Waals surface area contributed by atoms with Gasteiger partial charge in [-0.1, -0.05) is 42.0 Å². The number of quaternary nitrogens is 1. The maximum atomic E-state index is 12.5. The smallest absolute Gasteiger partial charge is 0.227 e. The van der Waals surface area contributed by atoms with Gasteiger partial charge in [0, 0.05) is 11.8 Å². The standard InChI is InChI=1S/C25H28N2O3/c1-19-8-9-20(2)21(14-19)17-30-25-18-29-23(15-24(25)28)16-26-10-12-27(13-11-26)22-6-4-3-5-7-22/h3-9,14-15,18H,10-13,16-17H2,1-2H3/p+1. The molecule has 1 saturated heterocycles. The third kappa shape index (κ3) is 4.92. The first-order chi connectivity index (χ1) is 14.6. The van der Waals surface area contributed by atoms with E-state index in [0.29, 0.717) is 12.4 Å². The Balaban J connectivity index is 1.32. The fraction of sp³-hybridized carbons (Fsp3) is 0.320. The molecule has 30 heavy (non-hydrogen) atoms. The molecule has 5 heteroatoms. The Morgan fingerprint density at radius 2 is 1.80 bits per heavy atom. The maximum Gasteiger partial charge on any atom is 0.227 e. The average Bonchev–Trinajstić information content (AvgIpc) is 2.76. The average molecular weight is 406 g/mol. The van der Waals surface area contributed by atoms with E-state index in [0.717, 1.165) is 43.9 Å². The van der Waals surface area contributed by atoms with Crippen LogP contribution in [0.25, 0.3) is 0 Å². The molecule has 156 valence electrons. The number of hydrogen-bond donors (Lipinski definition) is 1. The second-order valence-electron chi connectivity index (χ2n) is 8.04. The Morgan fingerprint density at radius 3 is 2.53 bits per heavy atom. The number of rotatable bonds is 6. The van der Waals surface area contributed by atoms with Gasteiger partial charge in [-0.05, 0) is 37.1 Å². The minimum Gasteiger partial charge on any atom is -0.482 e. The van der Waals surface area contributed by atoms with Gasteiger partial charge < -0.3 is 19.0 Å². The van der Waals surface area contributed by atoms with Crippen LogP contribution < -0.4 is 20.0 Å². The van der Waals surface area contributed by atoms with E-state index in [4.69, 9.17) is 9.15 Å². The van der Waals surface area contributed by atoms with Crippen LogP contribution in [0, 0.1) is 13.8 Å². The van der Waals surface area contributed by atoms with Gasteiger partial charge >= 0.3 is 0 Å². The van der Waals surface area contributed by atoms with E-state index < -0.39 is 0 Å². The number of benzene rings is 2. The topological polar surface area (TPSA) is 47.1 Å². The van der Waals surface area contributed by atoms with Crippen molar-refractivity contribution in [2.24, 2.45) is 0 Å².